The van der Waals surface area contributed by atoms with E-state index < -0.39 is 12.1 Å². The Morgan fingerprint density at radius 3 is 2.32 bits per heavy atom. The van der Waals surface area contributed by atoms with Gasteiger partial charge in [-0.1, -0.05) is 13.8 Å². The summed E-state index contributed by atoms with van der Waals surface area (Å²) in [5.41, 5.74) is 0. The molecule has 0 unspecified atom stereocenters. The fourth-order valence-electron chi connectivity index (χ4n) is 2.23. The van der Waals surface area contributed by atoms with Crippen LogP contribution in [0.3, 0.4) is 0 Å². The molecule has 0 aromatic heterocycles. The van der Waals surface area contributed by atoms with Crippen LogP contribution in [-0.4, -0.2) is 49.4 Å². The molecule has 3 amide bonds. The van der Waals surface area contributed by atoms with Gasteiger partial charge in [-0.25, -0.2) is 0 Å². The quantitative estimate of drug-likeness (QED) is 0.525. The lowest BCUT2D eigenvalue weighted by Crippen LogP contribution is -2.54. The van der Waals surface area contributed by atoms with Gasteiger partial charge in [0.05, 0.1) is 0 Å². The van der Waals surface area contributed by atoms with Crippen molar-refractivity contribution in [1.82, 2.24) is 21.3 Å². The summed E-state index contributed by atoms with van der Waals surface area (Å²) in [5, 5.41) is 11.5. The van der Waals surface area contributed by atoms with Crippen LogP contribution in [0.2, 0.25) is 0 Å². The van der Waals surface area contributed by atoms with Crippen LogP contribution in [0, 0.1) is 5.92 Å². The van der Waals surface area contributed by atoms with E-state index in [4.69, 9.17) is 0 Å². The zero-order chi connectivity index (χ0) is 16.5. The summed E-state index contributed by atoms with van der Waals surface area (Å²) in [6.45, 7) is 7.48. The number of carbonyl (C=O) groups excluding carboxylic acids is 3. The second-order valence-electron chi connectivity index (χ2n) is 6.02. The molecule has 0 radical (unpaired) electrons. The molecule has 1 aliphatic heterocycles. The second kappa shape index (κ2) is 9.40. The highest BCUT2D eigenvalue weighted by molar-refractivity contribution is 5.91. The normalized spacial score (nSPS) is 26.5. The predicted molar refractivity (Wildman–Crippen MR) is 84.1 cm³/mol. The second-order valence-corrected chi connectivity index (χ2v) is 6.02. The van der Waals surface area contributed by atoms with Gasteiger partial charge in [-0.2, -0.15) is 0 Å². The summed E-state index contributed by atoms with van der Waals surface area (Å²) in [4.78, 5) is 36.1. The highest BCUT2D eigenvalue weighted by atomic mass is 16.2. The highest BCUT2D eigenvalue weighted by Crippen LogP contribution is 2.03. The van der Waals surface area contributed by atoms with Crippen LogP contribution in [-0.2, 0) is 14.4 Å². The monoisotopic (exact) mass is 312 g/mol. The summed E-state index contributed by atoms with van der Waals surface area (Å²) in [5.74, 6) is -0.697. The fourth-order valence-corrected chi connectivity index (χ4v) is 2.23. The minimum Gasteiger partial charge on any atom is -0.354 e. The maximum Gasteiger partial charge on any atom is 0.242 e. The van der Waals surface area contributed by atoms with Crippen molar-refractivity contribution in [2.24, 2.45) is 5.92 Å². The molecule has 0 aliphatic carbocycles. The van der Waals surface area contributed by atoms with Gasteiger partial charge in [0.15, 0.2) is 0 Å². The van der Waals surface area contributed by atoms with Crippen LogP contribution < -0.4 is 21.3 Å². The average Bonchev–Trinajstić information content (AvgIpc) is 2.45. The molecular formula is C15H28N4O3. The molecule has 1 aliphatic rings. The van der Waals surface area contributed by atoms with Crippen molar-refractivity contribution >= 4 is 17.7 Å². The lowest BCUT2D eigenvalue weighted by Gasteiger charge is -2.23. The Hall–Kier alpha value is -1.63. The van der Waals surface area contributed by atoms with E-state index in [-0.39, 0.29) is 23.6 Å². The lowest BCUT2D eigenvalue weighted by atomic mass is 10.0. The molecule has 0 aromatic carbocycles. The standard InChI is InChI=1S/C15H28N4O3/c1-10(2)13-15(22)17-9-5-8-16-7-4-6-12(20)18-11(3)14(21)19-13/h10-11,13,16H,4-9H2,1-3H3,(H,17,22)(H,18,20)(H,19,21)/t11-,13-/m1/s1. The van der Waals surface area contributed by atoms with Crippen LogP contribution in [0.1, 0.15) is 40.0 Å². The van der Waals surface area contributed by atoms with Crippen molar-refractivity contribution in [3.05, 3.63) is 0 Å². The van der Waals surface area contributed by atoms with Gasteiger partial charge in [-0.05, 0) is 38.8 Å². The number of hydrogen-bond donors (Lipinski definition) is 4. The van der Waals surface area contributed by atoms with Crippen LogP contribution in [0.4, 0.5) is 0 Å². The third-order valence-corrected chi connectivity index (χ3v) is 3.60. The van der Waals surface area contributed by atoms with Crippen LogP contribution in [0.25, 0.3) is 0 Å². The van der Waals surface area contributed by atoms with E-state index in [1.54, 1.807) is 6.92 Å². The highest BCUT2D eigenvalue weighted by Gasteiger charge is 2.26. The smallest absolute Gasteiger partial charge is 0.242 e. The maximum atomic E-state index is 12.2. The summed E-state index contributed by atoms with van der Waals surface area (Å²) in [7, 11) is 0. The Kier molecular flexibility index (Phi) is 7.87. The van der Waals surface area contributed by atoms with Gasteiger partial charge < -0.3 is 21.3 Å². The SMILES string of the molecule is CC(C)[C@H]1NC(=O)[C@@H](C)NC(=O)CCCNCCCNC1=O. The molecule has 1 fully saturated rings. The zero-order valence-electron chi connectivity index (χ0n) is 13.7. The van der Waals surface area contributed by atoms with Gasteiger partial charge in [0.1, 0.15) is 12.1 Å². The number of hydrogen-bond acceptors (Lipinski definition) is 4. The molecule has 2 atom stereocenters. The molecule has 22 heavy (non-hydrogen) atoms. The third-order valence-electron chi connectivity index (χ3n) is 3.60. The number of nitrogens with one attached hydrogen (secondary N) is 4. The summed E-state index contributed by atoms with van der Waals surface area (Å²) in [6, 6.07) is -1.25. The molecule has 1 rings (SSSR count). The van der Waals surface area contributed by atoms with E-state index in [1.165, 1.54) is 0 Å². The van der Waals surface area contributed by atoms with Crippen LogP contribution in [0.5, 0.6) is 0 Å². The minimum atomic E-state index is -0.653. The van der Waals surface area contributed by atoms with Crippen molar-refractivity contribution < 1.29 is 14.4 Å². The van der Waals surface area contributed by atoms with E-state index in [0.29, 0.717) is 13.0 Å². The first-order chi connectivity index (χ1) is 10.4. The Labute approximate surface area is 132 Å². The summed E-state index contributed by atoms with van der Waals surface area (Å²) in [6.07, 6.45) is 1.92. The van der Waals surface area contributed by atoms with Gasteiger partial charge in [0.25, 0.3) is 0 Å². The van der Waals surface area contributed by atoms with Crippen LogP contribution in [0.15, 0.2) is 0 Å². The van der Waals surface area contributed by atoms with E-state index in [2.05, 4.69) is 21.3 Å². The lowest BCUT2D eigenvalue weighted by molar-refractivity contribution is -0.132. The number of carbonyl (C=O) groups is 3. The van der Waals surface area contributed by atoms with Gasteiger partial charge in [-0.15, -0.1) is 0 Å². The van der Waals surface area contributed by atoms with Crippen molar-refractivity contribution in [3.8, 4) is 0 Å². The average molecular weight is 312 g/mol. The number of rotatable bonds is 1. The molecule has 0 bridgehead atoms. The zero-order valence-corrected chi connectivity index (χ0v) is 13.7. The Bertz CT molecular complexity index is 398. The molecular weight excluding hydrogens is 284 g/mol. The van der Waals surface area contributed by atoms with Gasteiger partial charge in [0, 0.05) is 13.0 Å². The molecule has 7 heteroatoms. The molecule has 0 spiro atoms. The predicted octanol–water partition coefficient (Wildman–Crippen LogP) is -0.478. The van der Waals surface area contributed by atoms with Crippen LogP contribution >= 0.6 is 0 Å². The van der Waals surface area contributed by atoms with E-state index >= 15 is 0 Å². The van der Waals surface area contributed by atoms with Crippen molar-refractivity contribution in [2.75, 3.05) is 19.6 Å². The molecule has 7 nitrogen and oxygen atoms in total. The topological polar surface area (TPSA) is 99.3 Å². The Balaban J connectivity index is 2.73. The molecule has 0 saturated carbocycles. The summed E-state index contributed by atoms with van der Waals surface area (Å²) < 4.78 is 0. The Morgan fingerprint density at radius 2 is 1.64 bits per heavy atom. The molecule has 1 saturated heterocycles. The molecule has 126 valence electrons. The van der Waals surface area contributed by atoms with E-state index in [9.17, 15) is 14.4 Å². The first kappa shape index (κ1) is 18.4. The van der Waals surface area contributed by atoms with Crippen molar-refractivity contribution in [2.45, 2.75) is 52.1 Å². The third kappa shape index (κ3) is 6.43. The van der Waals surface area contributed by atoms with Gasteiger partial charge >= 0.3 is 0 Å². The fraction of sp³-hybridized carbons (Fsp3) is 0.800. The van der Waals surface area contributed by atoms with Crippen molar-refractivity contribution in [1.29, 1.82) is 0 Å². The molecule has 1 heterocycles. The first-order valence-electron chi connectivity index (χ1n) is 8.00. The largest absolute Gasteiger partial charge is 0.354 e. The van der Waals surface area contributed by atoms with Crippen molar-refractivity contribution in [3.63, 3.8) is 0 Å². The summed E-state index contributed by atoms with van der Waals surface area (Å²) >= 11 is 0. The van der Waals surface area contributed by atoms with E-state index in [1.807, 2.05) is 13.8 Å². The minimum absolute atomic E-state index is 0.0272. The Morgan fingerprint density at radius 1 is 0.955 bits per heavy atom. The van der Waals surface area contributed by atoms with Gasteiger partial charge in [0.2, 0.25) is 17.7 Å². The van der Waals surface area contributed by atoms with Gasteiger partial charge in [-0.3, -0.25) is 14.4 Å². The maximum absolute atomic E-state index is 12.2. The molecule has 0 aromatic rings. The molecule has 4 N–H and O–H groups in total. The number of amides is 3. The first-order valence-corrected chi connectivity index (χ1v) is 8.00. The van der Waals surface area contributed by atoms with E-state index in [0.717, 1.165) is 25.9 Å².